The van der Waals surface area contributed by atoms with Crippen molar-refractivity contribution in [3.63, 3.8) is 0 Å². The molecule has 0 unspecified atom stereocenters. The molecule has 2 aromatic rings. The maximum atomic E-state index is 10.8. The highest BCUT2D eigenvalue weighted by Gasteiger charge is 2.05. The van der Waals surface area contributed by atoms with E-state index in [4.69, 9.17) is 0 Å². The summed E-state index contributed by atoms with van der Waals surface area (Å²) in [5, 5.41) is 6.14. The van der Waals surface area contributed by atoms with Gasteiger partial charge in [-0.15, -0.1) is 11.3 Å². The number of nitrogens with zero attached hydrogens (tertiary/aromatic N) is 1. The molecular formula is C11H11IN2OS. The van der Waals surface area contributed by atoms with Gasteiger partial charge in [0.05, 0.1) is 0 Å². The molecule has 0 radical (unpaired) electrons. The van der Waals surface area contributed by atoms with Crippen LogP contribution in [0.15, 0.2) is 17.6 Å². The van der Waals surface area contributed by atoms with E-state index in [9.17, 15) is 4.79 Å². The van der Waals surface area contributed by atoms with Gasteiger partial charge in [-0.1, -0.05) is 0 Å². The number of nitrogens with one attached hydrogen (secondary N) is 1. The Morgan fingerprint density at radius 3 is 3.19 bits per heavy atom. The second-order valence-corrected chi connectivity index (χ2v) is 5.60. The standard InChI is InChI=1S/C11H11IN2OS/c1-7(15)13-3-2-8-6-16-11-10(8)4-9(12)5-14-11/h4-6H,2-3H2,1H3,(H,13,15). The maximum Gasteiger partial charge on any atom is 0.216 e. The van der Waals surface area contributed by atoms with Gasteiger partial charge in [-0.3, -0.25) is 4.79 Å². The van der Waals surface area contributed by atoms with E-state index in [0.717, 1.165) is 14.8 Å². The molecule has 0 fully saturated rings. The number of amides is 1. The van der Waals surface area contributed by atoms with Crippen molar-refractivity contribution in [1.29, 1.82) is 0 Å². The number of pyridine rings is 1. The van der Waals surface area contributed by atoms with Gasteiger partial charge in [0, 0.05) is 28.6 Å². The van der Waals surface area contributed by atoms with Gasteiger partial charge in [0.15, 0.2) is 0 Å². The van der Waals surface area contributed by atoms with Crippen LogP contribution >= 0.6 is 33.9 Å². The second kappa shape index (κ2) is 5.09. The summed E-state index contributed by atoms with van der Waals surface area (Å²) in [6.45, 7) is 2.23. The Labute approximate surface area is 111 Å². The quantitative estimate of drug-likeness (QED) is 0.868. The Bertz CT molecular complexity index is 524. The summed E-state index contributed by atoms with van der Waals surface area (Å²) in [5.74, 6) is 0.0206. The largest absolute Gasteiger partial charge is 0.356 e. The molecule has 2 aromatic heterocycles. The molecule has 0 saturated carbocycles. The Hall–Kier alpha value is -0.690. The highest BCUT2D eigenvalue weighted by Crippen LogP contribution is 2.25. The molecule has 5 heteroatoms. The highest BCUT2D eigenvalue weighted by molar-refractivity contribution is 14.1. The number of halogens is 1. The molecular weight excluding hydrogens is 335 g/mol. The maximum absolute atomic E-state index is 10.8. The van der Waals surface area contributed by atoms with Crippen LogP contribution in [-0.4, -0.2) is 17.4 Å². The predicted octanol–water partition coefficient (Wildman–Crippen LogP) is 2.58. The number of rotatable bonds is 3. The van der Waals surface area contributed by atoms with E-state index in [1.807, 2.05) is 6.20 Å². The summed E-state index contributed by atoms with van der Waals surface area (Å²) in [6.07, 6.45) is 2.73. The van der Waals surface area contributed by atoms with Gasteiger partial charge in [-0.25, -0.2) is 4.98 Å². The zero-order valence-corrected chi connectivity index (χ0v) is 11.8. The number of aromatic nitrogens is 1. The van der Waals surface area contributed by atoms with Crippen LogP contribution in [0, 0.1) is 3.57 Å². The summed E-state index contributed by atoms with van der Waals surface area (Å²) in [4.78, 5) is 16.2. The third-order valence-corrected chi connectivity index (χ3v) is 3.79. The lowest BCUT2D eigenvalue weighted by Gasteiger charge is -2.01. The van der Waals surface area contributed by atoms with Crippen LogP contribution < -0.4 is 5.32 Å². The minimum Gasteiger partial charge on any atom is -0.356 e. The summed E-state index contributed by atoms with van der Waals surface area (Å²) >= 11 is 3.92. The van der Waals surface area contributed by atoms with Crippen molar-refractivity contribution in [2.24, 2.45) is 0 Å². The minimum atomic E-state index is 0.0206. The molecule has 0 atom stereocenters. The average Bonchev–Trinajstić information content (AvgIpc) is 2.60. The summed E-state index contributed by atoms with van der Waals surface area (Å²) in [7, 11) is 0. The van der Waals surface area contributed by atoms with E-state index in [0.29, 0.717) is 6.54 Å². The summed E-state index contributed by atoms with van der Waals surface area (Å²) in [6, 6.07) is 2.14. The lowest BCUT2D eigenvalue weighted by atomic mass is 10.1. The van der Waals surface area contributed by atoms with E-state index in [1.165, 1.54) is 17.9 Å². The van der Waals surface area contributed by atoms with Gasteiger partial charge < -0.3 is 5.32 Å². The van der Waals surface area contributed by atoms with E-state index in [1.54, 1.807) is 11.3 Å². The number of carbonyl (C=O) groups is 1. The topological polar surface area (TPSA) is 42.0 Å². The predicted molar refractivity (Wildman–Crippen MR) is 74.7 cm³/mol. The fourth-order valence-electron chi connectivity index (χ4n) is 1.51. The Balaban J connectivity index is 2.17. The first-order chi connectivity index (χ1) is 7.66. The SMILES string of the molecule is CC(=O)NCCc1csc2ncc(I)cc12. The van der Waals surface area contributed by atoms with Crippen LogP contribution in [0.4, 0.5) is 0 Å². The molecule has 84 valence electrons. The molecule has 1 N–H and O–H groups in total. The van der Waals surface area contributed by atoms with Crippen molar-refractivity contribution in [2.75, 3.05) is 6.54 Å². The first-order valence-electron chi connectivity index (χ1n) is 4.93. The van der Waals surface area contributed by atoms with Crippen molar-refractivity contribution in [1.82, 2.24) is 10.3 Å². The number of fused-ring (bicyclic) bond motifs is 1. The molecule has 1 amide bonds. The normalized spacial score (nSPS) is 10.6. The molecule has 0 aliphatic heterocycles. The molecule has 0 aliphatic rings. The summed E-state index contributed by atoms with van der Waals surface area (Å²) in [5.41, 5.74) is 1.26. The van der Waals surface area contributed by atoms with Crippen molar-refractivity contribution in [2.45, 2.75) is 13.3 Å². The van der Waals surface area contributed by atoms with Gasteiger partial charge in [-0.05, 0) is 46.0 Å². The zero-order valence-electron chi connectivity index (χ0n) is 8.79. The Morgan fingerprint density at radius 1 is 1.62 bits per heavy atom. The lowest BCUT2D eigenvalue weighted by molar-refractivity contribution is -0.118. The van der Waals surface area contributed by atoms with Gasteiger partial charge in [0.25, 0.3) is 0 Å². The molecule has 3 nitrogen and oxygen atoms in total. The van der Waals surface area contributed by atoms with E-state index in [-0.39, 0.29) is 5.91 Å². The van der Waals surface area contributed by atoms with E-state index < -0.39 is 0 Å². The molecule has 0 aliphatic carbocycles. The number of hydrogen-bond donors (Lipinski definition) is 1. The van der Waals surface area contributed by atoms with Crippen LogP contribution in [0.3, 0.4) is 0 Å². The van der Waals surface area contributed by atoms with Gasteiger partial charge in [0.2, 0.25) is 5.91 Å². The van der Waals surface area contributed by atoms with Crippen LogP contribution in [0.2, 0.25) is 0 Å². The highest BCUT2D eigenvalue weighted by atomic mass is 127. The first-order valence-corrected chi connectivity index (χ1v) is 6.88. The van der Waals surface area contributed by atoms with Crippen molar-refractivity contribution in [3.8, 4) is 0 Å². The van der Waals surface area contributed by atoms with Gasteiger partial charge in [0.1, 0.15) is 4.83 Å². The molecule has 0 saturated heterocycles. The number of carbonyl (C=O) groups excluding carboxylic acids is 1. The third kappa shape index (κ3) is 2.70. The van der Waals surface area contributed by atoms with Crippen LogP contribution in [0.1, 0.15) is 12.5 Å². The summed E-state index contributed by atoms with van der Waals surface area (Å²) < 4.78 is 1.14. The molecule has 0 bridgehead atoms. The Morgan fingerprint density at radius 2 is 2.44 bits per heavy atom. The van der Waals surface area contributed by atoms with Crippen molar-refractivity contribution < 1.29 is 4.79 Å². The number of hydrogen-bond acceptors (Lipinski definition) is 3. The van der Waals surface area contributed by atoms with Gasteiger partial charge >= 0.3 is 0 Å². The average molecular weight is 346 g/mol. The molecule has 16 heavy (non-hydrogen) atoms. The first kappa shape index (κ1) is 11.8. The lowest BCUT2D eigenvalue weighted by Crippen LogP contribution is -2.22. The third-order valence-electron chi connectivity index (χ3n) is 2.24. The fraction of sp³-hybridized carbons (Fsp3) is 0.273. The van der Waals surface area contributed by atoms with E-state index >= 15 is 0 Å². The monoisotopic (exact) mass is 346 g/mol. The zero-order chi connectivity index (χ0) is 11.5. The minimum absolute atomic E-state index is 0.0206. The van der Waals surface area contributed by atoms with Crippen LogP contribution in [-0.2, 0) is 11.2 Å². The molecule has 0 aromatic carbocycles. The van der Waals surface area contributed by atoms with E-state index in [2.05, 4.69) is 44.3 Å². The van der Waals surface area contributed by atoms with Crippen LogP contribution in [0.25, 0.3) is 10.2 Å². The van der Waals surface area contributed by atoms with Crippen molar-refractivity contribution >= 4 is 50.1 Å². The smallest absolute Gasteiger partial charge is 0.216 e. The van der Waals surface area contributed by atoms with Crippen LogP contribution in [0.5, 0.6) is 0 Å². The fourth-order valence-corrected chi connectivity index (χ4v) is 2.89. The molecule has 2 rings (SSSR count). The molecule has 0 spiro atoms. The Kier molecular flexibility index (Phi) is 3.75. The number of thiophene rings is 1. The molecule has 2 heterocycles. The second-order valence-electron chi connectivity index (χ2n) is 3.50. The van der Waals surface area contributed by atoms with Crippen molar-refractivity contribution in [3.05, 3.63) is 26.8 Å². The van der Waals surface area contributed by atoms with Gasteiger partial charge in [-0.2, -0.15) is 0 Å².